The van der Waals surface area contributed by atoms with Crippen molar-refractivity contribution in [2.24, 2.45) is 5.73 Å². The molecule has 0 aliphatic rings. The Morgan fingerprint density at radius 2 is 2.09 bits per heavy atom. The summed E-state index contributed by atoms with van der Waals surface area (Å²) in [5.74, 6) is 1.30. The Labute approximate surface area is 129 Å². The van der Waals surface area contributed by atoms with Gasteiger partial charge in [-0.25, -0.2) is 0 Å². The number of phenols is 1. The lowest BCUT2D eigenvalue weighted by atomic mass is 9.91. The third kappa shape index (κ3) is 2.78. The fraction of sp³-hybridized carbons (Fsp3) is 0.222. The zero-order valence-electron chi connectivity index (χ0n) is 12.5. The summed E-state index contributed by atoms with van der Waals surface area (Å²) in [6.45, 7) is 0.541. The summed E-state index contributed by atoms with van der Waals surface area (Å²) >= 11 is 0. The zero-order valence-corrected chi connectivity index (χ0v) is 12.5. The average molecular weight is 296 g/mol. The van der Waals surface area contributed by atoms with Crippen LogP contribution in [0.4, 0.5) is 0 Å². The molecule has 4 heteroatoms. The molecule has 3 rings (SSSR count). The van der Waals surface area contributed by atoms with Crippen molar-refractivity contribution < 1.29 is 9.84 Å². The number of hydrogen-bond donors (Lipinski definition) is 3. The Hall–Kier alpha value is -2.46. The number of H-pyrrole nitrogens is 1. The normalized spacial score (nSPS) is 12.5. The fourth-order valence-electron chi connectivity index (χ4n) is 2.87. The van der Waals surface area contributed by atoms with Crippen LogP contribution in [0.1, 0.15) is 17.0 Å². The van der Waals surface area contributed by atoms with Crippen LogP contribution in [0.15, 0.2) is 48.7 Å². The van der Waals surface area contributed by atoms with Crippen molar-refractivity contribution in [1.29, 1.82) is 0 Å². The van der Waals surface area contributed by atoms with Gasteiger partial charge in [-0.15, -0.1) is 0 Å². The second-order valence-electron chi connectivity index (χ2n) is 5.46. The molecule has 2 aromatic carbocycles. The molecule has 1 atom stereocenters. The van der Waals surface area contributed by atoms with Gasteiger partial charge in [0.25, 0.3) is 0 Å². The maximum atomic E-state index is 9.62. The molecule has 0 spiro atoms. The van der Waals surface area contributed by atoms with Crippen molar-refractivity contribution in [1.82, 2.24) is 4.98 Å². The summed E-state index contributed by atoms with van der Waals surface area (Å²) < 4.78 is 5.32. The molecule has 22 heavy (non-hydrogen) atoms. The SMILES string of the molecule is COc1ccc2[nH]cc(C(CN)Cc3cccc(O)c3)c2c1. The fourth-order valence-corrected chi connectivity index (χ4v) is 2.87. The molecule has 1 heterocycles. The first-order valence-corrected chi connectivity index (χ1v) is 7.34. The van der Waals surface area contributed by atoms with Gasteiger partial charge in [0, 0.05) is 23.0 Å². The van der Waals surface area contributed by atoms with Crippen molar-refractivity contribution in [3.8, 4) is 11.5 Å². The Balaban J connectivity index is 1.96. The molecule has 1 unspecified atom stereocenters. The first-order valence-electron chi connectivity index (χ1n) is 7.34. The molecule has 1 aromatic heterocycles. The number of methoxy groups -OCH3 is 1. The number of nitrogens with one attached hydrogen (secondary N) is 1. The van der Waals surface area contributed by atoms with Crippen LogP contribution in [0.25, 0.3) is 10.9 Å². The second kappa shape index (κ2) is 6.12. The number of phenolic OH excluding ortho intramolecular Hbond substituents is 1. The summed E-state index contributed by atoms with van der Waals surface area (Å²) in [4.78, 5) is 3.29. The number of aromatic hydroxyl groups is 1. The molecule has 0 aliphatic heterocycles. The number of aromatic amines is 1. The predicted octanol–water partition coefficient (Wildman–Crippen LogP) is 3.17. The van der Waals surface area contributed by atoms with Gasteiger partial charge in [-0.2, -0.15) is 0 Å². The molecule has 0 bridgehead atoms. The number of ether oxygens (including phenoxy) is 1. The van der Waals surface area contributed by atoms with E-state index >= 15 is 0 Å². The predicted molar refractivity (Wildman–Crippen MR) is 88.5 cm³/mol. The smallest absolute Gasteiger partial charge is 0.119 e. The summed E-state index contributed by atoms with van der Waals surface area (Å²) in [6.07, 6.45) is 2.81. The van der Waals surface area contributed by atoms with Crippen LogP contribution in [0.3, 0.4) is 0 Å². The van der Waals surface area contributed by atoms with Crippen molar-refractivity contribution in [2.75, 3.05) is 13.7 Å². The van der Waals surface area contributed by atoms with E-state index < -0.39 is 0 Å². The van der Waals surface area contributed by atoms with Crippen molar-refractivity contribution >= 4 is 10.9 Å². The monoisotopic (exact) mass is 296 g/mol. The Morgan fingerprint density at radius 3 is 2.82 bits per heavy atom. The molecule has 0 saturated carbocycles. The van der Waals surface area contributed by atoms with E-state index in [-0.39, 0.29) is 11.7 Å². The Morgan fingerprint density at radius 1 is 1.23 bits per heavy atom. The van der Waals surface area contributed by atoms with E-state index in [1.807, 2.05) is 36.5 Å². The Kier molecular flexibility index (Phi) is 4.02. The standard InChI is InChI=1S/C18H20N2O2/c1-22-15-5-6-18-16(9-15)17(11-20-18)13(10-19)7-12-3-2-4-14(21)8-12/h2-6,8-9,11,13,20-21H,7,10,19H2,1H3. The molecule has 0 amide bonds. The van der Waals surface area contributed by atoms with Gasteiger partial charge in [-0.05, 0) is 54.4 Å². The van der Waals surface area contributed by atoms with E-state index in [4.69, 9.17) is 10.5 Å². The lowest BCUT2D eigenvalue weighted by Crippen LogP contribution is -2.14. The minimum Gasteiger partial charge on any atom is -0.508 e. The average Bonchev–Trinajstić information content (AvgIpc) is 2.95. The van der Waals surface area contributed by atoms with Gasteiger partial charge >= 0.3 is 0 Å². The highest BCUT2D eigenvalue weighted by atomic mass is 16.5. The number of fused-ring (bicyclic) bond motifs is 1. The molecule has 3 aromatic rings. The molecule has 0 saturated heterocycles. The highest BCUT2D eigenvalue weighted by Crippen LogP contribution is 2.30. The molecule has 0 aliphatic carbocycles. The summed E-state index contributed by atoms with van der Waals surface area (Å²) in [5.41, 5.74) is 9.33. The van der Waals surface area contributed by atoms with E-state index in [1.54, 1.807) is 19.2 Å². The van der Waals surface area contributed by atoms with Gasteiger partial charge in [-0.1, -0.05) is 12.1 Å². The quantitative estimate of drug-likeness (QED) is 0.677. The molecule has 4 N–H and O–H groups in total. The van der Waals surface area contributed by atoms with Crippen LogP contribution in [0.5, 0.6) is 11.5 Å². The van der Waals surface area contributed by atoms with E-state index in [0.29, 0.717) is 6.54 Å². The lowest BCUT2D eigenvalue weighted by Gasteiger charge is -2.15. The largest absolute Gasteiger partial charge is 0.508 e. The third-order valence-corrected chi connectivity index (χ3v) is 4.04. The third-order valence-electron chi connectivity index (χ3n) is 4.04. The molecule has 114 valence electrons. The first kappa shape index (κ1) is 14.5. The molecular formula is C18H20N2O2. The van der Waals surface area contributed by atoms with Gasteiger partial charge in [0.1, 0.15) is 11.5 Å². The minimum absolute atomic E-state index is 0.183. The van der Waals surface area contributed by atoms with Crippen molar-refractivity contribution in [3.63, 3.8) is 0 Å². The second-order valence-corrected chi connectivity index (χ2v) is 5.46. The molecule has 0 radical (unpaired) electrons. The summed E-state index contributed by atoms with van der Waals surface area (Å²) in [6, 6.07) is 13.3. The van der Waals surface area contributed by atoms with E-state index in [2.05, 4.69) is 4.98 Å². The van der Waals surface area contributed by atoms with Gasteiger partial charge in [-0.3, -0.25) is 0 Å². The summed E-state index contributed by atoms with van der Waals surface area (Å²) in [5, 5.41) is 10.7. The Bertz CT molecular complexity index is 780. The highest BCUT2D eigenvalue weighted by Gasteiger charge is 2.16. The van der Waals surface area contributed by atoms with Crippen LogP contribution >= 0.6 is 0 Å². The van der Waals surface area contributed by atoms with Gasteiger partial charge in [0.2, 0.25) is 0 Å². The molecule has 4 nitrogen and oxygen atoms in total. The number of nitrogens with two attached hydrogens (primary N) is 1. The van der Waals surface area contributed by atoms with Crippen LogP contribution in [0.2, 0.25) is 0 Å². The highest BCUT2D eigenvalue weighted by molar-refractivity contribution is 5.85. The van der Waals surface area contributed by atoms with Gasteiger partial charge in [0.05, 0.1) is 7.11 Å². The van der Waals surface area contributed by atoms with Gasteiger partial charge in [0.15, 0.2) is 0 Å². The first-order chi connectivity index (χ1) is 10.7. The van der Waals surface area contributed by atoms with E-state index in [1.165, 1.54) is 5.56 Å². The van der Waals surface area contributed by atoms with Crippen LogP contribution in [-0.4, -0.2) is 23.7 Å². The number of hydrogen-bond acceptors (Lipinski definition) is 3. The topological polar surface area (TPSA) is 71.3 Å². The summed E-state index contributed by atoms with van der Waals surface area (Å²) in [7, 11) is 1.67. The number of aromatic nitrogens is 1. The maximum absolute atomic E-state index is 9.62. The van der Waals surface area contributed by atoms with Gasteiger partial charge < -0.3 is 20.6 Å². The van der Waals surface area contributed by atoms with Crippen molar-refractivity contribution in [2.45, 2.75) is 12.3 Å². The number of benzene rings is 2. The van der Waals surface area contributed by atoms with Crippen LogP contribution in [-0.2, 0) is 6.42 Å². The maximum Gasteiger partial charge on any atom is 0.119 e. The zero-order chi connectivity index (χ0) is 15.5. The molecular weight excluding hydrogens is 276 g/mol. The van der Waals surface area contributed by atoms with E-state index in [0.717, 1.165) is 28.6 Å². The van der Waals surface area contributed by atoms with E-state index in [9.17, 15) is 5.11 Å². The van der Waals surface area contributed by atoms with Crippen LogP contribution in [0, 0.1) is 0 Å². The van der Waals surface area contributed by atoms with Crippen LogP contribution < -0.4 is 10.5 Å². The van der Waals surface area contributed by atoms with Crippen molar-refractivity contribution in [3.05, 3.63) is 59.8 Å². The minimum atomic E-state index is 0.183. The molecule has 0 fully saturated rings. The number of rotatable bonds is 5. The lowest BCUT2D eigenvalue weighted by molar-refractivity contribution is 0.415.